The quantitative estimate of drug-likeness (QED) is 0.802. The number of piperidine rings is 1. The highest BCUT2D eigenvalue weighted by Gasteiger charge is 2.25. The molecule has 1 heterocycles. The van der Waals surface area contributed by atoms with Crippen molar-refractivity contribution < 1.29 is 4.79 Å². The molecule has 3 nitrogen and oxygen atoms in total. The molecule has 0 spiro atoms. The lowest BCUT2D eigenvalue weighted by molar-refractivity contribution is 0.164. The molecule has 0 aromatic carbocycles. The van der Waals surface area contributed by atoms with Gasteiger partial charge in [0.25, 0.3) is 0 Å². The lowest BCUT2D eigenvalue weighted by Gasteiger charge is -2.34. The standard InChI is InChI=1S/C15H28N2O/c1-3-13-5-4-6-14(11-13)16-15(18)17-9-7-12(2)8-10-17/h12-14H,3-11H2,1-2H3,(H,16,18). The molecule has 1 N–H and O–H groups in total. The average molecular weight is 252 g/mol. The fourth-order valence-corrected chi connectivity index (χ4v) is 3.27. The molecule has 18 heavy (non-hydrogen) atoms. The SMILES string of the molecule is CCC1CCCC(NC(=O)N2CCC(C)CC2)C1. The number of likely N-dealkylation sites (tertiary alicyclic amines) is 1. The van der Waals surface area contributed by atoms with Crippen LogP contribution < -0.4 is 5.32 Å². The molecule has 2 unspecified atom stereocenters. The van der Waals surface area contributed by atoms with Crippen LogP contribution in [0, 0.1) is 11.8 Å². The Kier molecular flexibility index (Phi) is 4.90. The Morgan fingerprint density at radius 3 is 2.61 bits per heavy atom. The second-order valence-corrected chi connectivity index (χ2v) is 6.26. The fraction of sp³-hybridized carbons (Fsp3) is 0.933. The van der Waals surface area contributed by atoms with Gasteiger partial charge in [-0.25, -0.2) is 4.79 Å². The van der Waals surface area contributed by atoms with E-state index in [0.717, 1.165) is 37.8 Å². The van der Waals surface area contributed by atoms with E-state index in [1.165, 1.54) is 32.1 Å². The minimum atomic E-state index is 0.184. The van der Waals surface area contributed by atoms with E-state index in [-0.39, 0.29) is 6.03 Å². The van der Waals surface area contributed by atoms with Gasteiger partial charge in [-0.05, 0) is 37.5 Å². The van der Waals surface area contributed by atoms with Crippen molar-refractivity contribution in [2.75, 3.05) is 13.1 Å². The number of nitrogens with one attached hydrogen (secondary N) is 1. The van der Waals surface area contributed by atoms with Gasteiger partial charge in [-0.2, -0.15) is 0 Å². The summed E-state index contributed by atoms with van der Waals surface area (Å²) >= 11 is 0. The van der Waals surface area contributed by atoms with Crippen molar-refractivity contribution in [2.24, 2.45) is 11.8 Å². The molecular weight excluding hydrogens is 224 g/mol. The number of nitrogens with zero attached hydrogens (tertiary/aromatic N) is 1. The summed E-state index contributed by atoms with van der Waals surface area (Å²) in [4.78, 5) is 14.2. The molecular formula is C15H28N2O. The highest BCUT2D eigenvalue weighted by molar-refractivity contribution is 5.74. The van der Waals surface area contributed by atoms with E-state index in [4.69, 9.17) is 0 Å². The number of urea groups is 1. The molecule has 2 atom stereocenters. The minimum absolute atomic E-state index is 0.184. The Balaban J connectivity index is 1.76. The monoisotopic (exact) mass is 252 g/mol. The molecule has 1 saturated heterocycles. The van der Waals surface area contributed by atoms with Gasteiger partial charge in [0.1, 0.15) is 0 Å². The average Bonchev–Trinajstić information content (AvgIpc) is 2.39. The van der Waals surface area contributed by atoms with E-state index in [1.54, 1.807) is 0 Å². The number of rotatable bonds is 2. The molecule has 2 rings (SSSR count). The van der Waals surface area contributed by atoms with Crippen LogP contribution in [0.25, 0.3) is 0 Å². The molecule has 0 radical (unpaired) electrons. The van der Waals surface area contributed by atoms with Crippen LogP contribution in [0.3, 0.4) is 0 Å². The first-order chi connectivity index (χ1) is 8.69. The number of carbonyl (C=O) groups is 1. The highest BCUT2D eigenvalue weighted by Crippen LogP contribution is 2.26. The van der Waals surface area contributed by atoms with Gasteiger partial charge < -0.3 is 10.2 Å². The maximum atomic E-state index is 12.2. The molecule has 0 aromatic heterocycles. The summed E-state index contributed by atoms with van der Waals surface area (Å²) in [6, 6.07) is 0.610. The van der Waals surface area contributed by atoms with Gasteiger partial charge in [-0.3, -0.25) is 0 Å². The van der Waals surface area contributed by atoms with E-state index in [2.05, 4.69) is 19.2 Å². The molecule has 3 heteroatoms. The topological polar surface area (TPSA) is 32.3 Å². The van der Waals surface area contributed by atoms with Crippen LogP contribution in [-0.2, 0) is 0 Å². The predicted molar refractivity (Wildman–Crippen MR) is 74.5 cm³/mol. The molecule has 104 valence electrons. The van der Waals surface area contributed by atoms with Crippen LogP contribution in [0.5, 0.6) is 0 Å². The molecule has 2 amide bonds. The van der Waals surface area contributed by atoms with Crippen molar-refractivity contribution in [3.05, 3.63) is 0 Å². The van der Waals surface area contributed by atoms with Gasteiger partial charge in [0.15, 0.2) is 0 Å². The second-order valence-electron chi connectivity index (χ2n) is 6.26. The highest BCUT2D eigenvalue weighted by atomic mass is 16.2. The maximum absolute atomic E-state index is 12.2. The summed E-state index contributed by atoms with van der Waals surface area (Å²) in [5.74, 6) is 1.61. The van der Waals surface area contributed by atoms with Gasteiger partial charge in [-0.15, -0.1) is 0 Å². The first-order valence-corrected chi connectivity index (χ1v) is 7.74. The summed E-state index contributed by atoms with van der Waals surface area (Å²) in [7, 11) is 0. The van der Waals surface area contributed by atoms with Crippen LogP contribution in [0.4, 0.5) is 4.79 Å². The maximum Gasteiger partial charge on any atom is 0.317 e. The van der Waals surface area contributed by atoms with Crippen molar-refractivity contribution in [3.8, 4) is 0 Å². The Labute approximate surface area is 111 Å². The third-order valence-corrected chi connectivity index (χ3v) is 4.76. The first-order valence-electron chi connectivity index (χ1n) is 7.74. The second kappa shape index (κ2) is 6.44. The zero-order valence-corrected chi connectivity index (χ0v) is 12.0. The lowest BCUT2D eigenvalue weighted by Crippen LogP contribution is -2.48. The summed E-state index contributed by atoms with van der Waals surface area (Å²) in [6.45, 7) is 6.43. The van der Waals surface area contributed by atoms with Crippen molar-refractivity contribution in [1.82, 2.24) is 10.2 Å². The lowest BCUT2D eigenvalue weighted by atomic mass is 9.84. The molecule has 0 aromatic rings. The number of carbonyl (C=O) groups excluding carboxylic acids is 1. The largest absolute Gasteiger partial charge is 0.335 e. The zero-order chi connectivity index (χ0) is 13.0. The Morgan fingerprint density at radius 2 is 1.94 bits per heavy atom. The van der Waals surface area contributed by atoms with Crippen LogP contribution in [0.2, 0.25) is 0 Å². The molecule has 1 saturated carbocycles. The van der Waals surface area contributed by atoms with Crippen LogP contribution >= 0.6 is 0 Å². The summed E-state index contributed by atoms with van der Waals surface area (Å²) in [5, 5.41) is 3.25. The molecule has 2 fully saturated rings. The number of hydrogen-bond donors (Lipinski definition) is 1. The minimum Gasteiger partial charge on any atom is -0.335 e. The van der Waals surface area contributed by atoms with Gasteiger partial charge in [-0.1, -0.05) is 33.1 Å². The smallest absolute Gasteiger partial charge is 0.317 e. The number of amides is 2. The van der Waals surface area contributed by atoms with Crippen molar-refractivity contribution in [1.29, 1.82) is 0 Å². The van der Waals surface area contributed by atoms with E-state index in [0.29, 0.717) is 6.04 Å². The predicted octanol–water partition coefficient (Wildman–Crippen LogP) is 3.40. The van der Waals surface area contributed by atoms with Crippen LogP contribution in [0.1, 0.15) is 58.8 Å². The molecule has 1 aliphatic carbocycles. The van der Waals surface area contributed by atoms with Crippen LogP contribution in [0.15, 0.2) is 0 Å². The Hall–Kier alpha value is -0.730. The van der Waals surface area contributed by atoms with Crippen molar-refractivity contribution >= 4 is 6.03 Å². The van der Waals surface area contributed by atoms with Gasteiger partial charge >= 0.3 is 6.03 Å². The summed E-state index contributed by atoms with van der Waals surface area (Å²) in [5.41, 5.74) is 0. The van der Waals surface area contributed by atoms with E-state index < -0.39 is 0 Å². The first kappa shape index (κ1) is 13.7. The van der Waals surface area contributed by atoms with E-state index >= 15 is 0 Å². The Morgan fingerprint density at radius 1 is 1.22 bits per heavy atom. The summed E-state index contributed by atoms with van der Waals surface area (Å²) in [6.07, 6.45) is 8.57. The molecule has 0 bridgehead atoms. The van der Waals surface area contributed by atoms with E-state index in [9.17, 15) is 4.79 Å². The molecule has 1 aliphatic heterocycles. The van der Waals surface area contributed by atoms with Gasteiger partial charge in [0.2, 0.25) is 0 Å². The number of hydrogen-bond acceptors (Lipinski definition) is 1. The third-order valence-electron chi connectivity index (χ3n) is 4.76. The summed E-state index contributed by atoms with van der Waals surface area (Å²) < 4.78 is 0. The third kappa shape index (κ3) is 3.63. The van der Waals surface area contributed by atoms with Crippen LogP contribution in [-0.4, -0.2) is 30.1 Å². The van der Waals surface area contributed by atoms with Gasteiger partial charge in [0.05, 0.1) is 0 Å². The Bertz CT molecular complexity index is 272. The van der Waals surface area contributed by atoms with Crippen molar-refractivity contribution in [3.63, 3.8) is 0 Å². The van der Waals surface area contributed by atoms with Gasteiger partial charge in [0, 0.05) is 19.1 Å². The van der Waals surface area contributed by atoms with Crippen molar-refractivity contribution in [2.45, 2.75) is 64.8 Å². The normalized spacial score (nSPS) is 30.2. The molecule has 2 aliphatic rings. The fourth-order valence-electron chi connectivity index (χ4n) is 3.27. The van der Waals surface area contributed by atoms with E-state index in [1.807, 2.05) is 4.90 Å². The zero-order valence-electron chi connectivity index (χ0n) is 12.0.